The third-order valence-electron chi connectivity index (χ3n) is 5.66. The van der Waals surface area contributed by atoms with Crippen LogP contribution in [0.5, 0.6) is 17.2 Å². The predicted molar refractivity (Wildman–Crippen MR) is 152 cm³/mol. The fraction of sp³-hybridized carbons (Fsp3) is 0.286. The molecule has 0 bridgehead atoms. The number of carbonyl (C=O) groups excluding carboxylic acids is 1. The smallest absolute Gasteiger partial charge is 0.248 e. The highest BCUT2D eigenvalue weighted by atomic mass is 32.2. The van der Waals surface area contributed by atoms with Crippen LogP contribution in [0.1, 0.15) is 17.5 Å². The first-order valence-electron chi connectivity index (χ1n) is 11.2. The number of methoxy groups -OCH3 is 3. The molecule has 0 saturated carbocycles. The van der Waals surface area contributed by atoms with Crippen molar-refractivity contribution < 1.29 is 19.0 Å². The van der Waals surface area contributed by atoms with E-state index in [1.807, 2.05) is 24.5 Å². The molecule has 0 aliphatic heterocycles. The van der Waals surface area contributed by atoms with Crippen LogP contribution < -0.4 is 25.4 Å². The van der Waals surface area contributed by atoms with Gasteiger partial charge in [0.25, 0.3) is 0 Å². The highest BCUT2D eigenvalue weighted by molar-refractivity contribution is 7.98. The van der Waals surface area contributed by atoms with Crippen LogP contribution in [0.15, 0.2) is 70.4 Å². The van der Waals surface area contributed by atoms with Gasteiger partial charge in [0, 0.05) is 16.9 Å². The number of ether oxygens (including phenoxy) is 3. The SMILES string of the molecule is C=C/C(=C\C(=C)CS)C(N)=O.COc1cc2c(c(OC)c1OC)-c1ccc(SC)c(=O)cc1CCC2. The van der Waals surface area contributed by atoms with Crippen LogP contribution in [-0.4, -0.2) is 39.2 Å². The quantitative estimate of drug-likeness (QED) is 0.217. The molecule has 0 saturated heterocycles. The van der Waals surface area contributed by atoms with Crippen LogP contribution in [0.4, 0.5) is 0 Å². The van der Waals surface area contributed by atoms with E-state index in [1.165, 1.54) is 17.8 Å². The molecule has 1 amide bonds. The van der Waals surface area contributed by atoms with Gasteiger partial charge >= 0.3 is 0 Å². The molecule has 0 atom stereocenters. The lowest BCUT2D eigenvalue weighted by atomic mass is 9.96. The van der Waals surface area contributed by atoms with Crippen LogP contribution in [0, 0.1) is 0 Å². The second-order valence-corrected chi connectivity index (χ2v) is 9.03. The first-order valence-corrected chi connectivity index (χ1v) is 13.1. The van der Waals surface area contributed by atoms with E-state index in [9.17, 15) is 9.59 Å². The molecule has 6 nitrogen and oxygen atoms in total. The Morgan fingerprint density at radius 3 is 2.31 bits per heavy atom. The average molecular weight is 528 g/mol. The zero-order valence-corrected chi connectivity index (χ0v) is 22.9. The van der Waals surface area contributed by atoms with Crippen LogP contribution in [-0.2, 0) is 17.6 Å². The number of fused-ring (bicyclic) bond motifs is 3. The minimum Gasteiger partial charge on any atom is -0.493 e. The number of nitrogens with two attached hydrogens (primary N) is 1. The Morgan fingerprint density at radius 2 is 1.78 bits per heavy atom. The fourth-order valence-corrected chi connectivity index (χ4v) is 4.50. The van der Waals surface area contributed by atoms with Gasteiger partial charge in [0.2, 0.25) is 11.7 Å². The minimum atomic E-state index is -0.497. The Bertz CT molecular complexity index is 1240. The molecule has 8 heteroatoms. The predicted octanol–water partition coefficient (Wildman–Crippen LogP) is 5.02. The molecule has 0 unspecified atom stereocenters. The molecular weight excluding hydrogens is 494 g/mol. The van der Waals surface area contributed by atoms with Crippen LogP contribution >= 0.6 is 24.4 Å². The summed E-state index contributed by atoms with van der Waals surface area (Å²) in [6.07, 6.45) is 7.61. The van der Waals surface area contributed by atoms with Crippen molar-refractivity contribution in [1.29, 1.82) is 0 Å². The second kappa shape index (κ2) is 13.8. The number of carbonyl (C=O) groups is 1. The molecule has 2 N–H and O–H groups in total. The van der Waals surface area contributed by atoms with Crippen molar-refractivity contribution >= 4 is 30.3 Å². The van der Waals surface area contributed by atoms with Crippen molar-refractivity contribution in [3.05, 3.63) is 82.1 Å². The first-order chi connectivity index (χ1) is 17.3. The van der Waals surface area contributed by atoms with E-state index in [1.54, 1.807) is 33.5 Å². The van der Waals surface area contributed by atoms with Crippen molar-refractivity contribution in [3.8, 4) is 28.4 Å². The molecule has 2 aromatic carbocycles. The number of hydrogen-bond donors (Lipinski definition) is 2. The third kappa shape index (κ3) is 6.77. The van der Waals surface area contributed by atoms with Crippen molar-refractivity contribution in [1.82, 2.24) is 0 Å². The number of amides is 1. The third-order valence-corrected chi connectivity index (χ3v) is 6.84. The summed E-state index contributed by atoms with van der Waals surface area (Å²) in [5, 5.41) is 0. The Labute approximate surface area is 222 Å². The molecule has 0 radical (unpaired) electrons. The zero-order valence-electron chi connectivity index (χ0n) is 21.2. The standard InChI is InChI=1S/C20H22O4S.C8H11NOS/c1-22-16-11-13-7-5-6-12-10-15(21)17(25-4)9-8-14(12)18(13)20(24-3)19(16)23-2;1-3-7(8(9)10)4-6(2)5-11/h8-11H,5-7H2,1-4H3;3-4,11H,1-2,5H2,(H2,9,10)/b;7-4+. The number of hydrogen-bond acceptors (Lipinski definition) is 7. The van der Waals surface area contributed by atoms with E-state index in [-0.39, 0.29) is 5.43 Å². The number of benzene rings is 1. The molecule has 0 heterocycles. The van der Waals surface area contributed by atoms with E-state index < -0.39 is 5.91 Å². The van der Waals surface area contributed by atoms with E-state index in [2.05, 4.69) is 25.8 Å². The van der Waals surface area contributed by atoms with Gasteiger partial charge in [0.15, 0.2) is 16.9 Å². The topological polar surface area (TPSA) is 87.9 Å². The Balaban J connectivity index is 0.000000352. The molecule has 0 aromatic heterocycles. The summed E-state index contributed by atoms with van der Waals surface area (Å²) < 4.78 is 16.8. The monoisotopic (exact) mass is 527 g/mol. The van der Waals surface area contributed by atoms with Crippen molar-refractivity contribution in [2.24, 2.45) is 5.73 Å². The summed E-state index contributed by atoms with van der Waals surface area (Å²) in [6, 6.07) is 7.72. The van der Waals surface area contributed by atoms with Gasteiger partial charge in [0.1, 0.15) is 0 Å². The summed E-state index contributed by atoms with van der Waals surface area (Å²) >= 11 is 5.44. The lowest BCUT2D eigenvalue weighted by Gasteiger charge is -2.19. The molecule has 0 spiro atoms. The van der Waals surface area contributed by atoms with E-state index in [0.717, 1.165) is 52.0 Å². The van der Waals surface area contributed by atoms with Crippen LogP contribution in [0.25, 0.3) is 11.1 Å². The molecule has 1 aliphatic rings. The molecule has 1 aliphatic carbocycles. The number of primary amides is 1. The molecule has 3 rings (SSSR count). The maximum atomic E-state index is 12.4. The Morgan fingerprint density at radius 1 is 1.11 bits per heavy atom. The summed E-state index contributed by atoms with van der Waals surface area (Å²) in [4.78, 5) is 23.8. The van der Waals surface area contributed by atoms with E-state index in [0.29, 0.717) is 28.6 Å². The molecular formula is C28H33NO5S2. The highest BCUT2D eigenvalue weighted by Crippen LogP contribution is 2.48. The lowest BCUT2D eigenvalue weighted by Crippen LogP contribution is -2.12. The van der Waals surface area contributed by atoms with Gasteiger partial charge in [-0.1, -0.05) is 25.3 Å². The van der Waals surface area contributed by atoms with Gasteiger partial charge in [-0.15, -0.1) is 11.8 Å². The highest BCUT2D eigenvalue weighted by Gasteiger charge is 2.25. The Kier molecular flexibility index (Phi) is 11.2. The second-order valence-electron chi connectivity index (χ2n) is 7.87. The molecule has 2 aromatic rings. The van der Waals surface area contributed by atoms with Crippen molar-refractivity contribution in [2.45, 2.75) is 24.2 Å². The lowest BCUT2D eigenvalue weighted by molar-refractivity contribution is -0.114. The number of allylic oxidation sites excluding steroid dienone is 1. The number of thioether (sulfide) groups is 1. The summed E-state index contributed by atoms with van der Waals surface area (Å²) in [7, 11) is 4.87. The maximum absolute atomic E-state index is 12.4. The van der Waals surface area contributed by atoms with Gasteiger partial charge in [-0.2, -0.15) is 12.6 Å². The molecule has 192 valence electrons. The van der Waals surface area contributed by atoms with Gasteiger partial charge in [0.05, 0.1) is 26.2 Å². The van der Waals surface area contributed by atoms with E-state index in [4.69, 9.17) is 19.9 Å². The van der Waals surface area contributed by atoms with Gasteiger partial charge in [-0.05, 0) is 72.1 Å². The summed E-state index contributed by atoms with van der Waals surface area (Å²) in [5.41, 5.74) is 10.4. The maximum Gasteiger partial charge on any atom is 0.248 e. The summed E-state index contributed by atoms with van der Waals surface area (Å²) in [6.45, 7) is 7.07. The number of aryl methyl sites for hydroxylation is 2. The van der Waals surface area contributed by atoms with Crippen molar-refractivity contribution in [3.63, 3.8) is 0 Å². The fourth-order valence-electron chi connectivity index (χ4n) is 3.94. The van der Waals surface area contributed by atoms with Crippen LogP contribution in [0.3, 0.4) is 0 Å². The van der Waals surface area contributed by atoms with Crippen molar-refractivity contribution in [2.75, 3.05) is 33.3 Å². The first kappa shape index (κ1) is 29.1. The zero-order chi connectivity index (χ0) is 26.8. The largest absolute Gasteiger partial charge is 0.493 e. The Hall–Kier alpha value is -3.10. The molecule has 0 fully saturated rings. The van der Waals surface area contributed by atoms with Crippen LogP contribution in [0.2, 0.25) is 0 Å². The van der Waals surface area contributed by atoms with Gasteiger partial charge in [-0.25, -0.2) is 0 Å². The normalized spacial score (nSPS) is 12.1. The molecule has 36 heavy (non-hydrogen) atoms. The minimum absolute atomic E-state index is 0.0663. The van der Waals surface area contributed by atoms with E-state index >= 15 is 0 Å². The summed E-state index contributed by atoms with van der Waals surface area (Å²) in [5.74, 6) is 1.91. The van der Waals surface area contributed by atoms with Gasteiger partial charge < -0.3 is 19.9 Å². The van der Waals surface area contributed by atoms with Gasteiger partial charge in [-0.3, -0.25) is 9.59 Å². The average Bonchev–Trinajstić information content (AvgIpc) is 3.14. The number of thiol groups is 1. The number of rotatable bonds is 8.